The molecule has 0 aliphatic carbocycles. The Morgan fingerprint density at radius 2 is 2.00 bits per heavy atom. The lowest BCUT2D eigenvalue weighted by Crippen LogP contribution is -2.14. The van der Waals surface area contributed by atoms with Gasteiger partial charge in [0.15, 0.2) is 0 Å². The van der Waals surface area contributed by atoms with Gasteiger partial charge in [0, 0.05) is 20.8 Å². The summed E-state index contributed by atoms with van der Waals surface area (Å²) in [6, 6.07) is 8.71. The minimum atomic E-state index is -0.297. The number of anilines is 2. The Morgan fingerprint density at radius 1 is 1.22 bits per heavy atom. The van der Waals surface area contributed by atoms with Gasteiger partial charge in [-0.3, -0.25) is 4.79 Å². The molecule has 1 aromatic carbocycles. The van der Waals surface area contributed by atoms with Crippen LogP contribution in [0.4, 0.5) is 11.4 Å². The van der Waals surface area contributed by atoms with Gasteiger partial charge in [-0.15, -0.1) is 0 Å². The number of hydrogen-bond acceptors (Lipinski definition) is 3. The Bertz CT molecular complexity index is 602. The van der Waals surface area contributed by atoms with E-state index in [0.29, 0.717) is 21.5 Å². The van der Waals surface area contributed by atoms with Crippen molar-refractivity contribution in [3.05, 3.63) is 51.2 Å². The summed E-state index contributed by atoms with van der Waals surface area (Å²) in [4.78, 5) is 16.1. The van der Waals surface area contributed by atoms with E-state index in [4.69, 9.17) is 5.73 Å². The Balaban J connectivity index is 2.27. The minimum Gasteiger partial charge on any atom is -0.399 e. The number of aromatic nitrogens is 1. The van der Waals surface area contributed by atoms with Crippen LogP contribution in [0.5, 0.6) is 0 Å². The molecule has 3 N–H and O–H groups in total. The number of nitrogens with two attached hydrogens (primary N) is 1. The maximum Gasteiger partial charge on any atom is 0.275 e. The lowest BCUT2D eigenvalue weighted by Gasteiger charge is -2.08. The van der Waals surface area contributed by atoms with E-state index >= 15 is 0 Å². The van der Waals surface area contributed by atoms with E-state index in [2.05, 4.69) is 42.2 Å². The van der Waals surface area contributed by atoms with Gasteiger partial charge in [0.2, 0.25) is 0 Å². The van der Waals surface area contributed by atoms with E-state index in [0.717, 1.165) is 4.47 Å². The van der Waals surface area contributed by atoms with Crippen molar-refractivity contribution >= 4 is 49.1 Å². The van der Waals surface area contributed by atoms with Crippen molar-refractivity contribution in [2.24, 2.45) is 0 Å². The largest absolute Gasteiger partial charge is 0.399 e. The molecule has 0 atom stereocenters. The predicted octanol–water partition coefficient (Wildman–Crippen LogP) is 3.44. The molecule has 1 aromatic heterocycles. The number of nitrogen functional groups attached to an aromatic ring is 1. The van der Waals surface area contributed by atoms with Gasteiger partial charge in [0.05, 0.1) is 5.69 Å². The zero-order chi connectivity index (χ0) is 13.1. The number of rotatable bonds is 2. The first-order valence-electron chi connectivity index (χ1n) is 5.05. The van der Waals surface area contributed by atoms with Crippen molar-refractivity contribution in [2.45, 2.75) is 0 Å². The van der Waals surface area contributed by atoms with Crippen LogP contribution in [0.2, 0.25) is 0 Å². The molecule has 0 fully saturated rings. The van der Waals surface area contributed by atoms with E-state index < -0.39 is 0 Å². The van der Waals surface area contributed by atoms with E-state index in [-0.39, 0.29) is 5.91 Å². The number of amides is 1. The van der Waals surface area contributed by atoms with Crippen LogP contribution in [0.1, 0.15) is 10.5 Å². The number of nitrogens with one attached hydrogen (secondary N) is 1. The minimum absolute atomic E-state index is 0.297. The molecule has 2 rings (SSSR count). The van der Waals surface area contributed by atoms with Crippen molar-refractivity contribution in [2.75, 3.05) is 11.1 Å². The third-order valence-electron chi connectivity index (χ3n) is 2.21. The van der Waals surface area contributed by atoms with Crippen LogP contribution >= 0.6 is 31.9 Å². The van der Waals surface area contributed by atoms with Gasteiger partial charge >= 0.3 is 0 Å². The molecule has 0 unspecified atom stereocenters. The Labute approximate surface area is 121 Å². The Morgan fingerprint density at radius 3 is 2.72 bits per heavy atom. The molecule has 0 saturated heterocycles. The highest BCUT2D eigenvalue weighted by Gasteiger charge is 2.12. The fourth-order valence-corrected chi connectivity index (χ4v) is 2.15. The van der Waals surface area contributed by atoms with Gasteiger partial charge < -0.3 is 11.1 Å². The monoisotopic (exact) mass is 369 g/mol. The molecule has 0 radical (unpaired) electrons. The highest BCUT2D eigenvalue weighted by atomic mass is 79.9. The van der Waals surface area contributed by atoms with Gasteiger partial charge in [-0.05, 0) is 62.2 Å². The third-order valence-corrected chi connectivity index (χ3v) is 3.54. The SMILES string of the molecule is Nc1ccc(Br)c(NC(=O)c2ncccc2Br)c1. The van der Waals surface area contributed by atoms with Gasteiger partial charge in [0.25, 0.3) is 5.91 Å². The third kappa shape index (κ3) is 2.88. The molecule has 0 spiro atoms. The molecule has 4 nitrogen and oxygen atoms in total. The first-order valence-corrected chi connectivity index (χ1v) is 6.63. The Hall–Kier alpha value is -1.40. The summed E-state index contributed by atoms with van der Waals surface area (Å²) in [5.74, 6) is -0.297. The molecule has 0 bridgehead atoms. The van der Waals surface area contributed by atoms with Crippen molar-refractivity contribution in [1.29, 1.82) is 0 Å². The van der Waals surface area contributed by atoms with Crippen LogP contribution in [-0.4, -0.2) is 10.9 Å². The zero-order valence-corrected chi connectivity index (χ0v) is 12.3. The number of halogens is 2. The van der Waals surface area contributed by atoms with Crippen LogP contribution in [0.15, 0.2) is 45.5 Å². The molecular weight excluding hydrogens is 362 g/mol. The first-order chi connectivity index (χ1) is 8.58. The number of nitrogens with zero attached hydrogens (tertiary/aromatic N) is 1. The quantitative estimate of drug-likeness (QED) is 0.795. The van der Waals surface area contributed by atoms with Crippen LogP contribution in [0.25, 0.3) is 0 Å². The average Bonchev–Trinajstić information content (AvgIpc) is 2.34. The second kappa shape index (κ2) is 5.49. The number of hydrogen-bond donors (Lipinski definition) is 2. The number of carbonyl (C=O) groups is 1. The summed E-state index contributed by atoms with van der Waals surface area (Å²) < 4.78 is 1.40. The van der Waals surface area contributed by atoms with Gasteiger partial charge in [-0.1, -0.05) is 0 Å². The maximum absolute atomic E-state index is 12.0. The lowest BCUT2D eigenvalue weighted by molar-refractivity contribution is 0.102. The van der Waals surface area contributed by atoms with Crippen molar-refractivity contribution in [3.8, 4) is 0 Å². The highest BCUT2D eigenvalue weighted by molar-refractivity contribution is 9.11. The molecule has 1 amide bonds. The predicted molar refractivity (Wildman–Crippen MR) is 78.4 cm³/mol. The molecule has 1 heterocycles. The van der Waals surface area contributed by atoms with Crippen molar-refractivity contribution < 1.29 is 4.79 Å². The number of carbonyl (C=O) groups excluding carboxylic acids is 1. The number of pyridine rings is 1. The summed E-state index contributed by atoms with van der Waals surface area (Å²) in [5.41, 5.74) is 7.19. The Kier molecular flexibility index (Phi) is 3.98. The molecule has 0 saturated carbocycles. The smallest absolute Gasteiger partial charge is 0.275 e. The molecule has 18 heavy (non-hydrogen) atoms. The normalized spacial score (nSPS) is 10.1. The van der Waals surface area contributed by atoms with Crippen LogP contribution in [-0.2, 0) is 0 Å². The summed E-state index contributed by atoms with van der Waals surface area (Å²) in [6.07, 6.45) is 1.56. The topological polar surface area (TPSA) is 68.0 Å². The summed E-state index contributed by atoms with van der Waals surface area (Å²) in [5, 5.41) is 2.75. The zero-order valence-electron chi connectivity index (χ0n) is 9.15. The molecule has 2 aromatic rings. The highest BCUT2D eigenvalue weighted by Crippen LogP contribution is 2.25. The van der Waals surface area contributed by atoms with Gasteiger partial charge in [-0.2, -0.15) is 0 Å². The molecule has 6 heteroatoms. The molecular formula is C12H9Br2N3O. The summed E-state index contributed by atoms with van der Waals surface area (Å²) in [7, 11) is 0. The fourth-order valence-electron chi connectivity index (χ4n) is 1.37. The second-order valence-corrected chi connectivity index (χ2v) is 5.24. The van der Waals surface area contributed by atoms with Crippen molar-refractivity contribution in [1.82, 2.24) is 4.98 Å². The van der Waals surface area contributed by atoms with Crippen molar-refractivity contribution in [3.63, 3.8) is 0 Å². The second-order valence-electron chi connectivity index (χ2n) is 3.53. The standard InChI is InChI=1S/C12H9Br2N3O/c13-8-4-3-7(15)6-10(8)17-12(18)11-9(14)2-1-5-16-11/h1-6H,15H2,(H,17,18). The number of benzene rings is 1. The van der Waals surface area contributed by atoms with E-state index in [1.165, 1.54) is 0 Å². The fraction of sp³-hybridized carbons (Fsp3) is 0. The average molecular weight is 371 g/mol. The van der Waals surface area contributed by atoms with E-state index in [9.17, 15) is 4.79 Å². The summed E-state index contributed by atoms with van der Waals surface area (Å²) >= 11 is 6.63. The van der Waals surface area contributed by atoms with E-state index in [1.54, 1.807) is 36.5 Å². The first kappa shape index (κ1) is 13.0. The molecule has 0 aliphatic rings. The van der Waals surface area contributed by atoms with Crippen LogP contribution in [0, 0.1) is 0 Å². The van der Waals surface area contributed by atoms with Crippen LogP contribution < -0.4 is 11.1 Å². The molecule has 0 aliphatic heterocycles. The maximum atomic E-state index is 12.0. The van der Waals surface area contributed by atoms with E-state index in [1.807, 2.05) is 0 Å². The lowest BCUT2D eigenvalue weighted by atomic mass is 10.2. The van der Waals surface area contributed by atoms with Gasteiger partial charge in [0.1, 0.15) is 5.69 Å². The summed E-state index contributed by atoms with van der Waals surface area (Å²) in [6.45, 7) is 0. The van der Waals surface area contributed by atoms with Gasteiger partial charge in [-0.25, -0.2) is 4.98 Å². The van der Waals surface area contributed by atoms with Crippen LogP contribution in [0.3, 0.4) is 0 Å². The molecule has 92 valence electrons.